The molecule has 0 fully saturated rings. The standard InChI is InChI=1S/C23H22N4O/c1-16-15-18-8-3-5-11-21(18)27(16)22(28)19-12-13-24-23(25-19)26-14-6-9-17-7-2-4-10-20(17)26/h2-5,7-8,10-13,16H,6,9,14-15H2,1H3. The van der Waals surface area contributed by atoms with Gasteiger partial charge in [0.25, 0.3) is 5.91 Å². The third kappa shape index (κ3) is 2.74. The molecule has 0 bridgehead atoms. The predicted molar refractivity (Wildman–Crippen MR) is 110 cm³/mol. The first-order valence-corrected chi connectivity index (χ1v) is 9.82. The number of nitrogens with zero attached hydrogens (tertiary/aromatic N) is 4. The maximum absolute atomic E-state index is 13.3. The van der Waals surface area contributed by atoms with E-state index in [0.717, 1.165) is 37.2 Å². The molecule has 5 nitrogen and oxygen atoms in total. The lowest BCUT2D eigenvalue weighted by atomic mass is 10.0. The second-order valence-corrected chi connectivity index (χ2v) is 7.48. The van der Waals surface area contributed by atoms with Crippen LogP contribution in [0, 0.1) is 0 Å². The van der Waals surface area contributed by atoms with Crippen LogP contribution in [0.25, 0.3) is 0 Å². The van der Waals surface area contributed by atoms with Gasteiger partial charge >= 0.3 is 0 Å². The van der Waals surface area contributed by atoms with E-state index in [1.54, 1.807) is 12.3 Å². The van der Waals surface area contributed by atoms with Crippen molar-refractivity contribution in [3.63, 3.8) is 0 Å². The van der Waals surface area contributed by atoms with Crippen LogP contribution in [0.3, 0.4) is 0 Å². The number of carbonyl (C=O) groups excluding carboxylic acids is 1. The van der Waals surface area contributed by atoms with Gasteiger partial charge in [0.1, 0.15) is 5.69 Å². The van der Waals surface area contributed by atoms with Crippen molar-refractivity contribution >= 4 is 23.2 Å². The van der Waals surface area contributed by atoms with Crippen LogP contribution in [0.2, 0.25) is 0 Å². The van der Waals surface area contributed by atoms with E-state index in [2.05, 4.69) is 46.1 Å². The highest BCUT2D eigenvalue weighted by molar-refractivity contribution is 6.06. The summed E-state index contributed by atoms with van der Waals surface area (Å²) in [6.45, 7) is 2.94. The smallest absolute Gasteiger partial charge is 0.277 e. The number of aromatic nitrogens is 2. The summed E-state index contributed by atoms with van der Waals surface area (Å²) in [7, 11) is 0. The maximum atomic E-state index is 13.3. The molecule has 2 aliphatic rings. The van der Waals surface area contributed by atoms with Crippen molar-refractivity contribution in [2.45, 2.75) is 32.2 Å². The minimum Gasteiger partial charge on any atom is -0.310 e. The van der Waals surface area contributed by atoms with Crippen LogP contribution in [0.1, 0.15) is 35.0 Å². The van der Waals surface area contributed by atoms with Crippen molar-refractivity contribution in [1.29, 1.82) is 0 Å². The first kappa shape index (κ1) is 16.9. The molecular formula is C23H22N4O. The number of hydrogen-bond acceptors (Lipinski definition) is 4. The number of carbonyl (C=O) groups is 1. The molecule has 0 saturated heterocycles. The predicted octanol–water partition coefficient (Wildman–Crippen LogP) is 4.15. The van der Waals surface area contributed by atoms with Crippen LogP contribution >= 0.6 is 0 Å². The van der Waals surface area contributed by atoms with Gasteiger partial charge in [0.05, 0.1) is 0 Å². The molecule has 0 N–H and O–H groups in total. The summed E-state index contributed by atoms with van der Waals surface area (Å²) in [6.07, 6.45) is 4.68. The molecular weight excluding hydrogens is 348 g/mol. The van der Waals surface area contributed by atoms with Crippen molar-refractivity contribution in [3.8, 4) is 0 Å². The number of rotatable bonds is 2. The van der Waals surface area contributed by atoms with Gasteiger partial charge in [-0.25, -0.2) is 9.97 Å². The van der Waals surface area contributed by atoms with Gasteiger partial charge in [0.15, 0.2) is 0 Å². The highest BCUT2D eigenvalue weighted by atomic mass is 16.2. The number of anilines is 3. The van der Waals surface area contributed by atoms with Gasteiger partial charge in [-0.1, -0.05) is 36.4 Å². The molecule has 5 rings (SSSR count). The molecule has 1 unspecified atom stereocenters. The normalized spacial score (nSPS) is 18.0. The monoisotopic (exact) mass is 370 g/mol. The van der Waals surface area contributed by atoms with Crippen molar-refractivity contribution in [2.75, 3.05) is 16.3 Å². The van der Waals surface area contributed by atoms with Gasteiger partial charge in [-0.2, -0.15) is 0 Å². The zero-order valence-electron chi connectivity index (χ0n) is 15.9. The SMILES string of the molecule is CC1Cc2ccccc2N1C(=O)c1ccnc(N2CCCc3ccccc32)n1. The molecule has 5 heteroatoms. The minimum atomic E-state index is -0.0635. The molecule has 1 aromatic heterocycles. The molecule has 0 aliphatic carbocycles. The van der Waals surface area contributed by atoms with Crippen molar-refractivity contribution < 1.29 is 4.79 Å². The Balaban J connectivity index is 1.50. The van der Waals surface area contributed by atoms with Crippen LogP contribution in [0.4, 0.5) is 17.3 Å². The highest BCUT2D eigenvalue weighted by Crippen LogP contribution is 2.34. The molecule has 1 atom stereocenters. The van der Waals surface area contributed by atoms with E-state index in [1.807, 2.05) is 29.2 Å². The minimum absolute atomic E-state index is 0.0635. The molecule has 2 aliphatic heterocycles. The second kappa shape index (κ2) is 6.75. The zero-order valence-corrected chi connectivity index (χ0v) is 15.9. The summed E-state index contributed by atoms with van der Waals surface area (Å²) in [6, 6.07) is 18.3. The summed E-state index contributed by atoms with van der Waals surface area (Å²) in [5, 5.41) is 0. The fourth-order valence-corrected chi connectivity index (χ4v) is 4.34. The average Bonchev–Trinajstić information content (AvgIpc) is 3.08. The van der Waals surface area contributed by atoms with E-state index >= 15 is 0 Å². The van der Waals surface area contributed by atoms with Gasteiger partial charge in [0.2, 0.25) is 5.95 Å². The number of benzene rings is 2. The van der Waals surface area contributed by atoms with Gasteiger partial charge in [0, 0.05) is 30.2 Å². The first-order valence-electron chi connectivity index (χ1n) is 9.82. The summed E-state index contributed by atoms with van der Waals surface area (Å²) in [4.78, 5) is 26.5. The van der Waals surface area contributed by atoms with Crippen LogP contribution in [0.5, 0.6) is 0 Å². The lowest BCUT2D eigenvalue weighted by Gasteiger charge is -2.29. The summed E-state index contributed by atoms with van der Waals surface area (Å²) in [5.74, 6) is 0.532. The Morgan fingerprint density at radius 3 is 2.61 bits per heavy atom. The molecule has 3 heterocycles. The number of fused-ring (bicyclic) bond motifs is 2. The summed E-state index contributed by atoms with van der Waals surface area (Å²) < 4.78 is 0. The quantitative estimate of drug-likeness (QED) is 0.680. The van der Waals surface area contributed by atoms with Gasteiger partial charge in [-0.15, -0.1) is 0 Å². The Morgan fingerprint density at radius 2 is 1.75 bits per heavy atom. The van der Waals surface area contributed by atoms with E-state index in [9.17, 15) is 4.79 Å². The van der Waals surface area contributed by atoms with Gasteiger partial charge in [-0.05, 0) is 55.5 Å². The summed E-state index contributed by atoms with van der Waals surface area (Å²) >= 11 is 0. The van der Waals surface area contributed by atoms with Crippen LogP contribution < -0.4 is 9.80 Å². The lowest BCUT2D eigenvalue weighted by Crippen LogP contribution is -2.36. The zero-order chi connectivity index (χ0) is 19.1. The Hall–Kier alpha value is -3.21. The van der Waals surface area contributed by atoms with Crippen LogP contribution in [-0.4, -0.2) is 28.5 Å². The Kier molecular flexibility index (Phi) is 4.08. The second-order valence-electron chi connectivity index (χ2n) is 7.48. The first-order chi connectivity index (χ1) is 13.7. The third-order valence-electron chi connectivity index (χ3n) is 5.64. The fourth-order valence-electron chi connectivity index (χ4n) is 4.34. The van der Waals surface area contributed by atoms with Crippen molar-refractivity contribution in [3.05, 3.63) is 77.6 Å². The van der Waals surface area contributed by atoms with Gasteiger partial charge in [-0.3, -0.25) is 4.79 Å². The number of aryl methyl sites for hydroxylation is 1. The largest absolute Gasteiger partial charge is 0.310 e. The fraction of sp³-hybridized carbons (Fsp3) is 0.261. The van der Waals surface area contributed by atoms with E-state index in [1.165, 1.54) is 11.1 Å². The highest BCUT2D eigenvalue weighted by Gasteiger charge is 2.32. The Bertz CT molecular complexity index is 1050. The molecule has 140 valence electrons. The Labute approximate surface area is 164 Å². The number of hydrogen-bond donors (Lipinski definition) is 0. The van der Waals surface area contributed by atoms with Crippen LogP contribution in [-0.2, 0) is 12.8 Å². The molecule has 3 aromatic rings. The molecule has 0 radical (unpaired) electrons. The Morgan fingerprint density at radius 1 is 1.00 bits per heavy atom. The van der Waals surface area contributed by atoms with Crippen molar-refractivity contribution in [2.24, 2.45) is 0 Å². The molecule has 0 spiro atoms. The maximum Gasteiger partial charge on any atom is 0.277 e. The molecule has 1 amide bonds. The van der Waals surface area contributed by atoms with Crippen LogP contribution in [0.15, 0.2) is 60.8 Å². The summed E-state index contributed by atoms with van der Waals surface area (Å²) in [5.41, 5.74) is 5.08. The topological polar surface area (TPSA) is 49.3 Å². The van der Waals surface area contributed by atoms with E-state index in [-0.39, 0.29) is 11.9 Å². The molecule has 2 aromatic carbocycles. The number of para-hydroxylation sites is 2. The number of amides is 1. The lowest BCUT2D eigenvalue weighted by molar-refractivity contribution is 0.0976. The molecule has 0 saturated carbocycles. The van der Waals surface area contributed by atoms with E-state index in [4.69, 9.17) is 0 Å². The average molecular weight is 370 g/mol. The van der Waals surface area contributed by atoms with E-state index in [0.29, 0.717) is 11.6 Å². The third-order valence-corrected chi connectivity index (χ3v) is 5.64. The molecule has 28 heavy (non-hydrogen) atoms. The van der Waals surface area contributed by atoms with E-state index < -0.39 is 0 Å². The van der Waals surface area contributed by atoms with Gasteiger partial charge < -0.3 is 9.80 Å². The van der Waals surface area contributed by atoms with Crippen molar-refractivity contribution in [1.82, 2.24) is 9.97 Å².